The molecule has 0 spiro atoms. The molecule has 0 aromatic heterocycles. The number of β-amino-alcohol motifs (C(OH)–C–C–N with tert-alkyl or cyclic N) is 1. The zero-order valence-corrected chi connectivity index (χ0v) is 23.4. The van der Waals surface area contributed by atoms with Gasteiger partial charge in [0.2, 0.25) is 15.9 Å². The molecular formula is C27H45N3O5S. The first-order valence-corrected chi connectivity index (χ1v) is 14.8. The monoisotopic (exact) mass is 523 g/mol. The summed E-state index contributed by atoms with van der Waals surface area (Å²) < 4.78 is 33.2. The van der Waals surface area contributed by atoms with Crippen molar-refractivity contribution in [2.75, 3.05) is 33.3 Å². The zero-order valence-electron chi connectivity index (χ0n) is 22.6. The van der Waals surface area contributed by atoms with Gasteiger partial charge in [-0.3, -0.25) is 9.69 Å². The summed E-state index contributed by atoms with van der Waals surface area (Å²) in [7, 11) is -2.24. The minimum absolute atomic E-state index is 0.00464. The molecule has 0 unspecified atom stereocenters. The third-order valence-corrected chi connectivity index (χ3v) is 9.21. The maximum atomic E-state index is 13.4. The molecule has 1 aromatic rings. The van der Waals surface area contributed by atoms with Crippen LogP contribution in [0.1, 0.15) is 66.2 Å². The van der Waals surface area contributed by atoms with Gasteiger partial charge in [-0.15, -0.1) is 0 Å². The van der Waals surface area contributed by atoms with Gasteiger partial charge in [-0.2, -0.15) is 4.31 Å². The second kappa shape index (κ2) is 12.2. The largest absolute Gasteiger partial charge is 0.497 e. The van der Waals surface area contributed by atoms with E-state index in [9.17, 15) is 18.3 Å². The Morgan fingerprint density at radius 2 is 1.83 bits per heavy atom. The van der Waals surface area contributed by atoms with Crippen LogP contribution >= 0.6 is 0 Å². The van der Waals surface area contributed by atoms with E-state index >= 15 is 0 Å². The minimum atomic E-state index is -3.78. The summed E-state index contributed by atoms with van der Waals surface area (Å²) in [5.41, 5.74) is -0.338. The van der Waals surface area contributed by atoms with E-state index in [1.807, 2.05) is 27.7 Å². The van der Waals surface area contributed by atoms with E-state index in [1.54, 1.807) is 12.1 Å². The number of methoxy groups -OCH3 is 1. The quantitative estimate of drug-likeness (QED) is 0.489. The van der Waals surface area contributed by atoms with Gasteiger partial charge in [0.25, 0.3) is 0 Å². The van der Waals surface area contributed by atoms with E-state index in [0.717, 1.165) is 25.8 Å². The van der Waals surface area contributed by atoms with Gasteiger partial charge in [-0.1, -0.05) is 26.2 Å². The van der Waals surface area contributed by atoms with Gasteiger partial charge in [0.05, 0.1) is 24.2 Å². The Kier molecular flexibility index (Phi) is 9.82. The van der Waals surface area contributed by atoms with Crippen molar-refractivity contribution in [1.29, 1.82) is 0 Å². The molecule has 1 saturated carbocycles. The van der Waals surface area contributed by atoms with E-state index in [0.29, 0.717) is 30.6 Å². The molecule has 204 valence electrons. The number of amides is 1. The molecule has 1 aromatic carbocycles. The molecule has 1 heterocycles. The maximum Gasteiger partial charge on any atom is 0.243 e. The van der Waals surface area contributed by atoms with E-state index in [1.165, 1.54) is 36.4 Å². The van der Waals surface area contributed by atoms with Crippen molar-refractivity contribution < 1.29 is 23.1 Å². The van der Waals surface area contributed by atoms with Crippen LogP contribution in [0, 0.1) is 11.8 Å². The molecule has 2 fully saturated rings. The molecule has 3 rings (SSSR count). The van der Waals surface area contributed by atoms with Gasteiger partial charge in [0.1, 0.15) is 5.75 Å². The molecule has 8 nitrogen and oxygen atoms in total. The molecule has 2 N–H and O–H groups in total. The van der Waals surface area contributed by atoms with E-state index in [-0.39, 0.29) is 35.5 Å². The zero-order chi connectivity index (χ0) is 26.5. The van der Waals surface area contributed by atoms with Crippen molar-refractivity contribution in [2.45, 2.75) is 88.8 Å². The fourth-order valence-electron chi connectivity index (χ4n) is 5.65. The first-order chi connectivity index (χ1) is 16.9. The predicted octanol–water partition coefficient (Wildman–Crippen LogP) is 3.25. The molecule has 0 radical (unpaired) electrons. The number of fused-ring (bicyclic) bond motifs is 1. The number of aliphatic hydroxyl groups excluding tert-OH is 1. The Bertz CT molecular complexity index is 961. The lowest BCUT2D eigenvalue weighted by molar-refractivity contribution is -0.132. The normalized spacial score (nSPS) is 24.2. The third-order valence-electron chi connectivity index (χ3n) is 7.33. The molecule has 2 aliphatic rings. The summed E-state index contributed by atoms with van der Waals surface area (Å²) in [6.45, 7) is 9.18. The SMILES string of the molecule is CCCN(C[C@H](O)CN1C[C@H]2CCCC[C@H]2C[C@H]1C(=O)NC(C)(C)C)S(=O)(=O)c1ccc(OC)cc1. The number of benzene rings is 1. The number of nitrogens with zero attached hydrogens (tertiary/aromatic N) is 2. The average molecular weight is 524 g/mol. The van der Waals surface area contributed by atoms with Crippen LogP contribution in [0.25, 0.3) is 0 Å². The number of piperidine rings is 1. The molecule has 1 saturated heterocycles. The molecular weight excluding hydrogens is 478 g/mol. The smallest absolute Gasteiger partial charge is 0.243 e. The summed E-state index contributed by atoms with van der Waals surface area (Å²) in [5, 5.41) is 14.2. The lowest BCUT2D eigenvalue weighted by atomic mass is 9.72. The van der Waals surface area contributed by atoms with Crippen molar-refractivity contribution in [3.63, 3.8) is 0 Å². The fraction of sp³-hybridized carbons (Fsp3) is 0.741. The van der Waals surface area contributed by atoms with E-state index in [4.69, 9.17) is 4.74 Å². The number of carbonyl (C=O) groups is 1. The Morgan fingerprint density at radius 1 is 1.19 bits per heavy atom. The molecule has 4 atom stereocenters. The molecule has 9 heteroatoms. The summed E-state index contributed by atoms with van der Waals surface area (Å²) in [6.07, 6.45) is 5.25. The van der Waals surface area contributed by atoms with Gasteiger partial charge < -0.3 is 15.2 Å². The van der Waals surface area contributed by atoms with Crippen LogP contribution in [-0.4, -0.2) is 79.6 Å². The van der Waals surface area contributed by atoms with Gasteiger partial charge >= 0.3 is 0 Å². The van der Waals surface area contributed by atoms with Gasteiger partial charge in [0, 0.05) is 31.7 Å². The van der Waals surface area contributed by atoms with E-state index in [2.05, 4.69) is 10.2 Å². The molecule has 0 bridgehead atoms. The predicted molar refractivity (Wildman–Crippen MR) is 141 cm³/mol. The number of ether oxygens (including phenoxy) is 1. The lowest BCUT2D eigenvalue weighted by Gasteiger charge is -2.46. The number of carbonyl (C=O) groups excluding carboxylic acids is 1. The first-order valence-electron chi connectivity index (χ1n) is 13.3. The number of hydrogen-bond donors (Lipinski definition) is 2. The molecule has 1 aliphatic carbocycles. The maximum absolute atomic E-state index is 13.4. The average Bonchev–Trinajstić information content (AvgIpc) is 2.82. The van der Waals surface area contributed by atoms with Crippen molar-refractivity contribution >= 4 is 15.9 Å². The standard InChI is InChI=1S/C27H45N3O5S/c1-6-15-30(36(33,34)24-13-11-23(35-5)12-14-24)19-22(31)18-29-17-21-10-8-7-9-20(21)16-25(29)26(32)28-27(2,3)4/h11-14,20-22,25,31H,6-10,15-19H2,1-5H3,(H,28,32)/t20-,21+,22+,25-/m0/s1. The van der Waals surface area contributed by atoms with Crippen LogP contribution in [0.3, 0.4) is 0 Å². The van der Waals surface area contributed by atoms with Crippen LogP contribution in [0.2, 0.25) is 0 Å². The van der Waals surface area contributed by atoms with Gasteiger partial charge in [-0.05, 0) is 76.1 Å². The highest BCUT2D eigenvalue weighted by molar-refractivity contribution is 7.89. The Hall–Kier alpha value is -1.68. The van der Waals surface area contributed by atoms with E-state index < -0.39 is 16.1 Å². The number of nitrogens with one attached hydrogen (secondary N) is 1. The number of aliphatic hydroxyl groups is 1. The molecule has 1 amide bonds. The second-order valence-electron chi connectivity index (χ2n) is 11.4. The summed E-state index contributed by atoms with van der Waals surface area (Å²) in [6, 6.07) is 6.00. The summed E-state index contributed by atoms with van der Waals surface area (Å²) >= 11 is 0. The number of sulfonamides is 1. The van der Waals surface area contributed by atoms with Crippen LogP contribution in [0.15, 0.2) is 29.2 Å². The van der Waals surface area contributed by atoms with Crippen LogP contribution < -0.4 is 10.1 Å². The second-order valence-corrected chi connectivity index (χ2v) is 13.4. The van der Waals surface area contributed by atoms with Crippen molar-refractivity contribution in [3.05, 3.63) is 24.3 Å². The highest BCUT2D eigenvalue weighted by Crippen LogP contribution is 2.38. The van der Waals surface area contributed by atoms with Crippen molar-refractivity contribution in [3.8, 4) is 5.75 Å². The van der Waals surface area contributed by atoms with Crippen LogP contribution in [0.5, 0.6) is 5.75 Å². The highest BCUT2D eigenvalue weighted by Gasteiger charge is 2.41. The highest BCUT2D eigenvalue weighted by atomic mass is 32.2. The Balaban J connectivity index is 1.75. The lowest BCUT2D eigenvalue weighted by Crippen LogP contribution is -2.59. The summed E-state index contributed by atoms with van der Waals surface area (Å²) in [5.74, 6) is 1.64. The Labute approximate surface area is 217 Å². The van der Waals surface area contributed by atoms with Gasteiger partial charge in [0.15, 0.2) is 0 Å². The number of likely N-dealkylation sites (tertiary alicyclic amines) is 1. The fourth-order valence-corrected chi connectivity index (χ4v) is 7.22. The third kappa shape index (κ3) is 7.43. The summed E-state index contributed by atoms with van der Waals surface area (Å²) in [4.78, 5) is 15.5. The topological polar surface area (TPSA) is 99.2 Å². The van der Waals surface area contributed by atoms with Crippen molar-refractivity contribution in [1.82, 2.24) is 14.5 Å². The molecule has 36 heavy (non-hydrogen) atoms. The Morgan fingerprint density at radius 3 is 2.42 bits per heavy atom. The van der Waals surface area contributed by atoms with Crippen LogP contribution in [-0.2, 0) is 14.8 Å². The molecule has 1 aliphatic heterocycles. The first kappa shape index (κ1) is 28.9. The number of hydrogen-bond acceptors (Lipinski definition) is 6. The van der Waals surface area contributed by atoms with Gasteiger partial charge in [-0.25, -0.2) is 8.42 Å². The number of rotatable bonds is 10. The van der Waals surface area contributed by atoms with Crippen LogP contribution in [0.4, 0.5) is 0 Å². The minimum Gasteiger partial charge on any atom is -0.497 e. The van der Waals surface area contributed by atoms with Crippen molar-refractivity contribution in [2.24, 2.45) is 11.8 Å².